The van der Waals surface area contributed by atoms with Crippen molar-refractivity contribution in [2.45, 2.75) is 12.3 Å². The number of aliphatic carboxylic acids is 1. The summed E-state index contributed by atoms with van der Waals surface area (Å²) < 4.78 is 0. The fourth-order valence-electron chi connectivity index (χ4n) is 2.29. The summed E-state index contributed by atoms with van der Waals surface area (Å²) in [5, 5.41) is 12.4. The van der Waals surface area contributed by atoms with Crippen molar-refractivity contribution in [3.05, 3.63) is 29.8 Å². The second-order valence-electron chi connectivity index (χ2n) is 4.21. The van der Waals surface area contributed by atoms with Gasteiger partial charge in [-0.1, -0.05) is 12.1 Å². The summed E-state index contributed by atoms with van der Waals surface area (Å²) in [5.74, 6) is -0.994. The predicted octanol–water partition coefficient (Wildman–Crippen LogP) is 1.05. The first-order chi connectivity index (χ1) is 7.68. The van der Waals surface area contributed by atoms with E-state index in [0.29, 0.717) is 18.7 Å². The number of nitrogens with two attached hydrogens (primary N) is 1. The van der Waals surface area contributed by atoms with E-state index in [1.54, 1.807) is 0 Å². The van der Waals surface area contributed by atoms with Gasteiger partial charge in [-0.25, -0.2) is 0 Å². The molecule has 1 heterocycles. The van der Waals surface area contributed by atoms with Crippen molar-refractivity contribution in [2.75, 3.05) is 18.8 Å². The van der Waals surface area contributed by atoms with Crippen LogP contribution in [-0.2, 0) is 4.79 Å². The third-order valence-electron chi connectivity index (χ3n) is 3.14. The summed E-state index contributed by atoms with van der Waals surface area (Å²) >= 11 is 0. The van der Waals surface area contributed by atoms with Gasteiger partial charge < -0.3 is 16.2 Å². The van der Waals surface area contributed by atoms with E-state index in [1.807, 2.05) is 24.3 Å². The summed E-state index contributed by atoms with van der Waals surface area (Å²) in [7, 11) is 0. The van der Waals surface area contributed by atoms with Gasteiger partial charge in [-0.05, 0) is 30.7 Å². The molecule has 0 aliphatic carbocycles. The third-order valence-corrected chi connectivity index (χ3v) is 3.14. The van der Waals surface area contributed by atoms with Gasteiger partial charge in [0.1, 0.15) is 0 Å². The standard InChI is InChI=1S/C12H16N2O2/c13-9-3-1-2-8(6-9)11-7-14-5-4-10(11)12(15)16/h1-3,6,10-11,14H,4-5,7,13H2,(H,15,16). The average molecular weight is 220 g/mol. The zero-order chi connectivity index (χ0) is 11.5. The molecule has 0 spiro atoms. The molecule has 4 heteroatoms. The highest BCUT2D eigenvalue weighted by Gasteiger charge is 2.31. The largest absolute Gasteiger partial charge is 0.481 e. The minimum atomic E-state index is -0.714. The number of benzene rings is 1. The van der Waals surface area contributed by atoms with E-state index < -0.39 is 5.97 Å². The molecule has 1 saturated heterocycles. The number of nitrogens with one attached hydrogen (secondary N) is 1. The first-order valence-corrected chi connectivity index (χ1v) is 5.47. The van der Waals surface area contributed by atoms with Crippen LogP contribution in [0.5, 0.6) is 0 Å². The van der Waals surface area contributed by atoms with E-state index in [1.165, 1.54) is 0 Å². The Kier molecular flexibility index (Phi) is 3.10. The average Bonchev–Trinajstić information content (AvgIpc) is 2.29. The summed E-state index contributed by atoms with van der Waals surface area (Å²) in [6.45, 7) is 1.48. The van der Waals surface area contributed by atoms with E-state index in [2.05, 4.69) is 5.32 Å². The lowest BCUT2D eigenvalue weighted by Gasteiger charge is -2.29. The van der Waals surface area contributed by atoms with Crippen molar-refractivity contribution in [1.29, 1.82) is 0 Å². The molecular formula is C12H16N2O2. The Morgan fingerprint density at radius 2 is 2.31 bits per heavy atom. The summed E-state index contributed by atoms with van der Waals surface area (Å²) in [6, 6.07) is 7.51. The van der Waals surface area contributed by atoms with Crippen molar-refractivity contribution in [1.82, 2.24) is 5.32 Å². The molecule has 0 amide bonds. The quantitative estimate of drug-likeness (QED) is 0.651. The number of piperidine rings is 1. The zero-order valence-corrected chi connectivity index (χ0v) is 9.02. The number of carbonyl (C=O) groups is 1. The highest BCUT2D eigenvalue weighted by molar-refractivity contribution is 5.71. The lowest BCUT2D eigenvalue weighted by Crippen LogP contribution is -2.38. The maximum Gasteiger partial charge on any atom is 0.307 e. The van der Waals surface area contributed by atoms with Crippen molar-refractivity contribution < 1.29 is 9.90 Å². The Hall–Kier alpha value is -1.55. The van der Waals surface area contributed by atoms with Gasteiger partial charge in [-0.2, -0.15) is 0 Å². The molecule has 2 atom stereocenters. The van der Waals surface area contributed by atoms with E-state index in [-0.39, 0.29) is 11.8 Å². The lowest BCUT2D eigenvalue weighted by atomic mass is 9.81. The van der Waals surface area contributed by atoms with Crippen molar-refractivity contribution in [3.63, 3.8) is 0 Å². The molecule has 4 N–H and O–H groups in total. The third kappa shape index (κ3) is 2.17. The molecule has 1 aliphatic rings. The van der Waals surface area contributed by atoms with Crippen molar-refractivity contribution in [2.24, 2.45) is 5.92 Å². The minimum Gasteiger partial charge on any atom is -0.481 e. The van der Waals surface area contributed by atoms with Crippen LogP contribution in [0, 0.1) is 5.92 Å². The monoisotopic (exact) mass is 220 g/mol. The number of hydrogen-bond donors (Lipinski definition) is 3. The van der Waals surface area contributed by atoms with Gasteiger partial charge in [-0.3, -0.25) is 4.79 Å². The van der Waals surface area contributed by atoms with Crippen LogP contribution < -0.4 is 11.1 Å². The van der Waals surface area contributed by atoms with Crippen LogP contribution in [0.4, 0.5) is 5.69 Å². The summed E-state index contributed by atoms with van der Waals surface area (Å²) in [5.41, 5.74) is 7.42. The second kappa shape index (κ2) is 4.53. The van der Waals surface area contributed by atoms with Gasteiger partial charge in [0, 0.05) is 18.2 Å². The Bertz CT molecular complexity index is 392. The van der Waals surface area contributed by atoms with Gasteiger partial charge in [0.2, 0.25) is 0 Å². The van der Waals surface area contributed by atoms with Crippen LogP contribution in [0.1, 0.15) is 17.9 Å². The molecule has 16 heavy (non-hydrogen) atoms. The molecule has 0 aromatic heterocycles. The van der Waals surface area contributed by atoms with E-state index in [9.17, 15) is 9.90 Å². The zero-order valence-electron chi connectivity index (χ0n) is 9.02. The maximum atomic E-state index is 11.2. The number of anilines is 1. The first kappa shape index (κ1) is 11.0. The Morgan fingerprint density at radius 3 is 3.00 bits per heavy atom. The van der Waals surface area contributed by atoms with Crippen LogP contribution >= 0.6 is 0 Å². The molecule has 0 bridgehead atoms. The van der Waals surface area contributed by atoms with Gasteiger partial charge in [0.05, 0.1) is 5.92 Å². The fraction of sp³-hybridized carbons (Fsp3) is 0.417. The molecular weight excluding hydrogens is 204 g/mol. The topological polar surface area (TPSA) is 75.3 Å². The van der Waals surface area contributed by atoms with Crippen molar-refractivity contribution in [3.8, 4) is 0 Å². The predicted molar refractivity (Wildman–Crippen MR) is 62.2 cm³/mol. The molecule has 1 fully saturated rings. The highest BCUT2D eigenvalue weighted by Crippen LogP contribution is 2.30. The van der Waals surface area contributed by atoms with Crippen LogP contribution in [0.3, 0.4) is 0 Å². The van der Waals surface area contributed by atoms with E-state index in [4.69, 9.17) is 5.73 Å². The molecule has 4 nitrogen and oxygen atoms in total. The van der Waals surface area contributed by atoms with E-state index >= 15 is 0 Å². The molecule has 1 aromatic rings. The lowest BCUT2D eigenvalue weighted by molar-refractivity contribution is -0.143. The normalized spacial score (nSPS) is 25.2. The summed E-state index contributed by atoms with van der Waals surface area (Å²) in [6.07, 6.45) is 0.675. The molecule has 86 valence electrons. The Labute approximate surface area is 94.5 Å². The van der Waals surface area contributed by atoms with Gasteiger partial charge in [0.15, 0.2) is 0 Å². The smallest absolute Gasteiger partial charge is 0.307 e. The highest BCUT2D eigenvalue weighted by atomic mass is 16.4. The van der Waals surface area contributed by atoms with Crippen molar-refractivity contribution >= 4 is 11.7 Å². The Balaban J connectivity index is 2.26. The number of carboxylic acid groups (broad SMARTS) is 1. The molecule has 0 radical (unpaired) electrons. The van der Waals surface area contributed by atoms with Crippen LogP contribution in [0.25, 0.3) is 0 Å². The van der Waals surface area contributed by atoms with Crippen LogP contribution in [0.2, 0.25) is 0 Å². The Morgan fingerprint density at radius 1 is 1.50 bits per heavy atom. The molecule has 1 aromatic carbocycles. The molecule has 2 unspecified atom stereocenters. The number of rotatable bonds is 2. The van der Waals surface area contributed by atoms with Crippen LogP contribution in [0.15, 0.2) is 24.3 Å². The first-order valence-electron chi connectivity index (χ1n) is 5.47. The van der Waals surface area contributed by atoms with Crippen LogP contribution in [-0.4, -0.2) is 24.2 Å². The molecule has 0 saturated carbocycles. The number of carboxylic acids is 1. The SMILES string of the molecule is Nc1cccc(C2CNCCC2C(=O)O)c1. The molecule has 2 rings (SSSR count). The maximum absolute atomic E-state index is 11.2. The van der Waals surface area contributed by atoms with Gasteiger partial charge in [-0.15, -0.1) is 0 Å². The second-order valence-corrected chi connectivity index (χ2v) is 4.21. The van der Waals surface area contributed by atoms with Gasteiger partial charge in [0.25, 0.3) is 0 Å². The van der Waals surface area contributed by atoms with Gasteiger partial charge >= 0.3 is 5.97 Å². The number of nitrogen functional groups attached to an aromatic ring is 1. The van der Waals surface area contributed by atoms with E-state index in [0.717, 1.165) is 12.1 Å². The minimum absolute atomic E-state index is 0.0229. The summed E-state index contributed by atoms with van der Waals surface area (Å²) in [4.78, 5) is 11.2. The number of hydrogen-bond acceptors (Lipinski definition) is 3. The fourth-order valence-corrected chi connectivity index (χ4v) is 2.29. The molecule has 1 aliphatic heterocycles.